The Labute approximate surface area is 137 Å². The Balaban J connectivity index is 1.99. The predicted molar refractivity (Wildman–Crippen MR) is 79.5 cm³/mol. The third kappa shape index (κ3) is 6.78. The Kier molecular flexibility index (Phi) is 5.57. The number of benzene rings is 2. The van der Waals surface area contributed by atoms with Crippen LogP contribution >= 0.6 is 23.5 Å². The molecule has 8 heteroatoms. The van der Waals surface area contributed by atoms with Gasteiger partial charge in [-0.25, -0.2) is 0 Å². The van der Waals surface area contributed by atoms with Crippen LogP contribution in [0.1, 0.15) is 11.1 Å². The van der Waals surface area contributed by atoms with Crippen molar-refractivity contribution < 1.29 is 26.3 Å². The quantitative estimate of drug-likeness (QED) is 0.446. The molecule has 0 amide bonds. The van der Waals surface area contributed by atoms with Crippen molar-refractivity contribution in [3.05, 3.63) is 59.7 Å². The van der Waals surface area contributed by atoms with Gasteiger partial charge >= 0.3 is 11.0 Å². The van der Waals surface area contributed by atoms with Gasteiger partial charge in [-0.2, -0.15) is 26.3 Å². The maximum absolute atomic E-state index is 12.2. The Hall–Kier alpha value is -1.28. The normalized spacial score (nSPS) is 12.4. The Morgan fingerprint density at radius 1 is 0.565 bits per heavy atom. The topological polar surface area (TPSA) is 0 Å². The van der Waals surface area contributed by atoms with Crippen LogP contribution in [0.4, 0.5) is 26.3 Å². The van der Waals surface area contributed by atoms with Crippen molar-refractivity contribution in [2.24, 2.45) is 0 Å². The molecule has 0 spiro atoms. The zero-order chi connectivity index (χ0) is 17.1. The lowest BCUT2D eigenvalue weighted by atomic mass is 10.1. The summed E-state index contributed by atoms with van der Waals surface area (Å²) in [5, 5.41) is 0. The standard InChI is InChI=1S/C15H10F6S2/c16-14(17,18)22-12-5-1-10(2-6-12)9-11-3-7-13(8-4-11)23-15(19,20)21/h1-8H,9H2. The summed E-state index contributed by atoms with van der Waals surface area (Å²) in [7, 11) is 0. The molecule has 124 valence electrons. The first-order valence-corrected chi connectivity index (χ1v) is 7.93. The van der Waals surface area contributed by atoms with Crippen molar-refractivity contribution >= 4 is 23.5 Å². The van der Waals surface area contributed by atoms with Gasteiger partial charge in [-0.15, -0.1) is 0 Å². The fourth-order valence-corrected chi connectivity index (χ4v) is 2.93. The molecule has 23 heavy (non-hydrogen) atoms. The zero-order valence-corrected chi connectivity index (χ0v) is 13.0. The molecule has 2 aromatic rings. The van der Waals surface area contributed by atoms with Crippen molar-refractivity contribution in [1.29, 1.82) is 0 Å². The number of hydrogen-bond donors (Lipinski definition) is 0. The van der Waals surface area contributed by atoms with Gasteiger partial charge in [0.05, 0.1) is 0 Å². The number of alkyl halides is 6. The number of hydrogen-bond acceptors (Lipinski definition) is 2. The molecule has 2 rings (SSSR count). The summed E-state index contributed by atoms with van der Waals surface area (Å²) < 4.78 is 73.3. The minimum atomic E-state index is -4.33. The third-order valence-corrected chi connectivity index (χ3v) is 4.20. The maximum atomic E-state index is 12.2. The lowest BCUT2D eigenvalue weighted by Gasteiger charge is -2.08. The maximum Gasteiger partial charge on any atom is 0.446 e. The highest BCUT2D eigenvalue weighted by atomic mass is 32.2. The predicted octanol–water partition coefficient (Wildman–Crippen LogP) is 6.50. The summed E-state index contributed by atoms with van der Waals surface area (Å²) in [6.07, 6.45) is 0.438. The molecule has 0 aliphatic carbocycles. The first-order valence-electron chi connectivity index (χ1n) is 6.30. The van der Waals surface area contributed by atoms with Gasteiger partial charge < -0.3 is 0 Å². The molecule has 0 nitrogen and oxygen atoms in total. The van der Waals surface area contributed by atoms with Gasteiger partial charge in [-0.1, -0.05) is 24.3 Å². The molecule has 0 fully saturated rings. The van der Waals surface area contributed by atoms with E-state index in [4.69, 9.17) is 0 Å². The highest BCUT2D eigenvalue weighted by Gasteiger charge is 2.29. The molecular formula is C15H10F6S2. The van der Waals surface area contributed by atoms with E-state index < -0.39 is 11.0 Å². The zero-order valence-electron chi connectivity index (χ0n) is 11.4. The van der Waals surface area contributed by atoms with Gasteiger partial charge in [0.1, 0.15) is 0 Å². The van der Waals surface area contributed by atoms with E-state index in [-0.39, 0.29) is 33.3 Å². The molecule has 0 aliphatic rings. The second-order valence-electron chi connectivity index (χ2n) is 4.56. The van der Waals surface area contributed by atoms with Gasteiger partial charge in [-0.05, 0) is 65.3 Å². The summed E-state index contributed by atoms with van der Waals surface area (Å²) in [6.45, 7) is 0. The monoisotopic (exact) mass is 368 g/mol. The van der Waals surface area contributed by atoms with E-state index >= 15 is 0 Å². The third-order valence-electron chi connectivity index (χ3n) is 2.72. The van der Waals surface area contributed by atoms with E-state index in [2.05, 4.69) is 0 Å². The SMILES string of the molecule is FC(F)(F)Sc1ccc(Cc2ccc(SC(F)(F)F)cc2)cc1. The van der Waals surface area contributed by atoms with Crippen molar-refractivity contribution in [3.8, 4) is 0 Å². The van der Waals surface area contributed by atoms with Crippen LogP contribution in [0, 0.1) is 0 Å². The van der Waals surface area contributed by atoms with Gasteiger partial charge in [0, 0.05) is 9.79 Å². The lowest BCUT2D eigenvalue weighted by Crippen LogP contribution is -1.99. The summed E-state index contributed by atoms with van der Waals surface area (Å²) in [5.41, 5.74) is -7.08. The average Bonchev–Trinajstić information content (AvgIpc) is 2.40. The summed E-state index contributed by atoms with van der Waals surface area (Å²) in [6, 6.07) is 11.8. The molecule has 0 aliphatic heterocycles. The van der Waals surface area contributed by atoms with Crippen LogP contribution in [0.5, 0.6) is 0 Å². The number of rotatable bonds is 4. The highest BCUT2D eigenvalue weighted by molar-refractivity contribution is 8.00. The van der Waals surface area contributed by atoms with E-state index in [9.17, 15) is 26.3 Å². The summed E-state index contributed by atoms with van der Waals surface area (Å²) >= 11 is -0.373. The number of thioether (sulfide) groups is 2. The molecule has 0 bridgehead atoms. The smallest absolute Gasteiger partial charge is 0.160 e. The van der Waals surface area contributed by atoms with Gasteiger partial charge in [0.15, 0.2) is 0 Å². The van der Waals surface area contributed by atoms with Crippen LogP contribution in [0.2, 0.25) is 0 Å². The average molecular weight is 368 g/mol. The molecule has 0 N–H and O–H groups in total. The van der Waals surface area contributed by atoms with Crippen LogP contribution in [-0.4, -0.2) is 11.0 Å². The first kappa shape index (κ1) is 18.1. The first-order chi connectivity index (χ1) is 10.6. The van der Waals surface area contributed by atoms with Crippen molar-refractivity contribution in [2.45, 2.75) is 27.2 Å². The van der Waals surface area contributed by atoms with Crippen LogP contribution in [0.25, 0.3) is 0 Å². The van der Waals surface area contributed by atoms with Gasteiger partial charge in [-0.3, -0.25) is 0 Å². The largest absolute Gasteiger partial charge is 0.446 e. The second-order valence-corrected chi connectivity index (χ2v) is 6.84. The molecule has 0 atom stereocenters. The Morgan fingerprint density at radius 2 is 0.870 bits per heavy atom. The fraction of sp³-hybridized carbons (Fsp3) is 0.200. The van der Waals surface area contributed by atoms with Crippen LogP contribution in [0.15, 0.2) is 58.3 Å². The Bertz CT molecular complexity index is 572. The summed E-state index contributed by atoms with van der Waals surface area (Å²) in [4.78, 5) is 0.191. The highest BCUT2D eigenvalue weighted by Crippen LogP contribution is 2.37. The van der Waals surface area contributed by atoms with Gasteiger partial charge in [0.25, 0.3) is 0 Å². The van der Waals surface area contributed by atoms with Crippen molar-refractivity contribution in [2.75, 3.05) is 0 Å². The van der Waals surface area contributed by atoms with Crippen molar-refractivity contribution in [3.63, 3.8) is 0 Å². The molecular weight excluding hydrogens is 358 g/mol. The molecule has 0 aromatic heterocycles. The minimum absolute atomic E-state index is 0.0955. The van der Waals surface area contributed by atoms with Crippen LogP contribution in [-0.2, 0) is 6.42 Å². The molecule has 0 unspecified atom stereocenters. The molecule has 0 saturated carbocycles. The molecule has 2 aromatic carbocycles. The van der Waals surface area contributed by atoms with Crippen LogP contribution < -0.4 is 0 Å². The Morgan fingerprint density at radius 3 is 1.13 bits per heavy atom. The lowest BCUT2D eigenvalue weighted by molar-refractivity contribution is -0.0337. The molecule has 0 saturated heterocycles. The summed E-state index contributed by atoms with van der Waals surface area (Å²) in [5.74, 6) is 0. The molecule has 0 heterocycles. The minimum Gasteiger partial charge on any atom is -0.160 e. The number of halogens is 6. The van der Waals surface area contributed by atoms with E-state index in [1.807, 2.05) is 0 Å². The van der Waals surface area contributed by atoms with Gasteiger partial charge in [0.2, 0.25) is 0 Å². The van der Waals surface area contributed by atoms with E-state index in [1.165, 1.54) is 24.3 Å². The fourth-order valence-electron chi connectivity index (χ4n) is 1.85. The van der Waals surface area contributed by atoms with E-state index in [0.29, 0.717) is 6.42 Å². The van der Waals surface area contributed by atoms with Crippen molar-refractivity contribution in [1.82, 2.24) is 0 Å². The van der Waals surface area contributed by atoms with E-state index in [0.717, 1.165) is 11.1 Å². The second kappa shape index (κ2) is 7.09. The van der Waals surface area contributed by atoms with Crippen LogP contribution in [0.3, 0.4) is 0 Å². The molecule has 0 radical (unpaired) electrons. The van der Waals surface area contributed by atoms with E-state index in [1.54, 1.807) is 24.3 Å².